The molecule has 0 spiro atoms. The van der Waals surface area contributed by atoms with Crippen LogP contribution in [0, 0.1) is 0 Å². The van der Waals surface area contributed by atoms with Crippen molar-refractivity contribution in [2.75, 3.05) is 33.0 Å². The molecule has 0 saturated heterocycles. The van der Waals surface area contributed by atoms with Gasteiger partial charge in [0, 0.05) is 6.61 Å². The molecule has 0 unspecified atom stereocenters. The summed E-state index contributed by atoms with van der Waals surface area (Å²) < 4.78 is 16.2. The third-order valence-electron chi connectivity index (χ3n) is 5.48. The molecule has 0 aliphatic carbocycles. The Bertz CT molecular complexity index is 503. The third-order valence-corrected chi connectivity index (χ3v) is 5.48. The van der Waals surface area contributed by atoms with Crippen molar-refractivity contribution in [1.82, 2.24) is 0 Å². The lowest BCUT2D eigenvalue weighted by Gasteiger charge is -2.07. The average Bonchev–Trinajstić information content (AvgIpc) is 2.80. The second-order valence-electron chi connectivity index (χ2n) is 8.32. The fourth-order valence-corrected chi connectivity index (χ4v) is 3.57. The molecule has 31 heavy (non-hydrogen) atoms. The summed E-state index contributed by atoms with van der Waals surface area (Å²) in [6.45, 7) is 4.91. The van der Waals surface area contributed by atoms with Gasteiger partial charge in [0.25, 0.3) is 0 Å². The van der Waals surface area contributed by atoms with Gasteiger partial charge < -0.3 is 14.2 Å². The van der Waals surface area contributed by atoms with Crippen LogP contribution in [0.25, 0.3) is 0 Å². The normalized spacial score (nSPS) is 11.0. The summed E-state index contributed by atoms with van der Waals surface area (Å²) in [6, 6.07) is 9.01. The first-order valence-electron chi connectivity index (χ1n) is 12.7. The number of esters is 1. The lowest BCUT2D eigenvalue weighted by Crippen LogP contribution is -2.13. The highest BCUT2D eigenvalue weighted by molar-refractivity contribution is 5.89. The van der Waals surface area contributed by atoms with E-state index in [4.69, 9.17) is 14.2 Å². The van der Waals surface area contributed by atoms with Gasteiger partial charge in [0.05, 0.1) is 25.4 Å². The first-order valence-corrected chi connectivity index (χ1v) is 12.7. The summed E-state index contributed by atoms with van der Waals surface area (Å²) in [5.41, 5.74) is 0.569. The average molecular weight is 435 g/mol. The van der Waals surface area contributed by atoms with Crippen molar-refractivity contribution in [1.29, 1.82) is 0 Å². The number of ether oxygens (including phenoxy) is 3. The molecular formula is C27H46O4. The molecule has 1 rings (SSSR count). The zero-order valence-electron chi connectivity index (χ0n) is 20.0. The fourth-order valence-electron chi connectivity index (χ4n) is 3.57. The van der Waals surface area contributed by atoms with Crippen LogP contribution in [0.3, 0.4) is 0 Å². The first kappa shape index (κ1) is 27.6. The quantitative estimate of drug-likeness (QED) is 0.141. The zero-order chi connectivity index (χ0) is 22.2. The zero-order valence-corrected chi connectivity index (χ0v) is 20.0. The molecule has 0 fully saturated rings. The van der Waals surface area contributed by atoms with Gasteiger partial charge in [-0.2, -0.15) is 0 Å². The van der Waals surface area contributed by atoms with Crippen LogP contribution in [-0.4, -0.2) is 39.0 Å². The van der Waals surface area contributed by atoms with Crippen LogP contribution in [0.2, 0.25) is 0 Å². The molecular weight excluding hydrogens is 388 g/mol. The van der Waals surface area contributed by atoms with Crippen molar-refractivity contribution in [3.05, 3.63) is 35.9 Å². The van der Waals surface area contributed by atoms with E-state index in [2.05, 4.69) is 6.92 Å². The largest absolute Gasteiger partial charge is 0.460 e. The summed E-state index contributed by atoms with van der Waals surface area (Å²) in [4.78, 5) is 11.7. The van der Waals surface area contributed by atoms with Crippen LogP contribution in [0.15, 0.2) is 30.3 Å². The van der Waals surface area contributed by atoms with Crippen molar-refractivity contribution in [2.45, 2.75) is 96.8 Å². The standard InChI is InChI=1S/C27H46O4/c1-2-3-4-5-6-7-8-9-10-11-12-13-14-18-21-29-22-23-30-24-25-31-27(28)26-19-16-15-17-20-26/h15-17,19-20H,2-14,18,21-25H2,1H3. The molecule has 4 heteroatoms. The molecule has 178 valence electrons. The topological polar surface area (TPSA) is 44.8 Å². The van der Waals surface area contributed by atoms with Crippen molar-refractivity contribution in [2.24, 2.45) is 0 Å². The van der Waals surface area contributed by atoms with E-state index in [0.717, 1.165) is 13.0 Å². The summed E-state index contributed by atoms with van der Waals surface area (Å²) in [5, 5.41) is 0. The molecule has 0 aliphatic rings. The maximum absolute atomic E-state index is 11.7. The van der Waals surface area contributed by atoms with E-state index in [0.29, 0.717) is 25.4 Å². The van der Waals surface area contributed by atoms with Gasteiger partial charge in [-0.05, 0) is 18.6 Å². The molecule has 1 aromatic carbocycles. The lowest BCUT2D eigenvalue weighted by atomic mass is 10.0. The van der Waals surface area contributed by atoms with E-state index < -0.39 is 0 Å². The second-order valence-corrected chi connectivity index (χ2v) is 8.32. The van der Waals surface area contributed by atoms with E-state index in [9.17, 15) is 4.79 Å². The Balaban J connectivity index is 1.70. The van der Waals surface area contributed by atoms with Crippen molar-refractivity contribution >= 4 is 5.97 Å². The minimum absolute atomic E-state index is 0.271. The summed E-state index contributed by atoms with van der Waals surface area (Å²) in [7, 11) is 0. The molecule has 0 heterocycles. The Kier molecular flexibility index (Phi) is 19.5. The molecule has 0 atom stereocenters. The number of hydrogen-bond donors (Lipinski definition) is 0. The van der Waals surface area contributed by atoms with Crippen LogP contribution in [0.4, 0.5) is 0 Å². The SMILES string of the molecule is CCCCCCCCCCCCCCCCOCCOCCOC(=O)c1ccccc1. The first-order chi connectivity index (χ1) is 15.3. The monoisotopic (exact) mass is 434 g/mol. The maximum atomic E-state index is 11.7. The number of unbranched alkanes of at least 4 members (excludes halogenated alkanes) is 13. The molecule has 0 N–H and O–H groups in total. The molecule has 0 radical (unpaired) electrons. The summed E-state index contributed by atoms with van der Waals surface area (Å²) in [6.07, 6.45) is 19.2. The van der Waals surface area contributed by atoms with Crippen LogP contribution >= 0.6 is 0 Å². The van der Waals surface area contributed by atoms with Gasteiger partial charge in [-0.3, -0.25) is 0 Å². The van der Waals surface area contributed by atoms with Crippen LogP contribution in [-0.2, 0) is 14.2 Å². The Labute approximate surface area is 191 Å². The minimum atomic E-state index is -0.307. The Morgan fingerprint density at radius 3 is 1.58 bits per heavy atom. The van der Waals surface area contributed by atoms with Gasteiger partial charge in [-0.25, -0.2) is 4.79 Å². The third kappa shape index (κ3) is 17.9. The molecule has 0 aromatic heterocycles. The maximum Gasteiger partial charge on any atom is 0.338 e. The highest BCUT2D eigenvalue weighted by Gasteiger charge is 2.04. The Morgan fingerprint density at radius 1 is 0.581 bits per heavy atom. The highest BCUT2D eigenvalue weighted by Crippen LogP contribution is 2.12. The summed E-state index contributed by atoms with van der Waals surface area (Å²) in [5.74, 6) is -0.307. The van der Waals surface area contributed by atoms with Crippen molar-refractivity contribution < 1.29 is 19.0 Å². The van der Waals surface area contributed by atoms with E-state index in [1.807, 2.05) is 18.2 Å². The predicted molar refractivity (Wildman–Crippen MR) is 129 cm³/mol. The van der Waals surface area contributed by atoms with Crippen molar-refractivity contribution in [3.8, 4) is 0 Å². The van der Waals surface area contributed by atoms with Gasteiger partial charge >= 0.3 is 5.97 Å². The second kappa shape index (κ2) is 21.8. The van der Waals surface area contributed by atoms with E-state index in [1.165, 1.54) is 83.5 Å². The molecule has 0 bridgehead atoms. The van der Waals surface area contributed by atoms with Gasteiger partial charge in [0.1, 0.15) is 6.61 Å². The van der Waals surface area contributed by atoms with Gasteiger partial charge in [0.15, 0.2) is 0 Å². The number of carbonyl (C=O) groups is 1. The smallest absolute Gasteiger partial charge is 0.338 e. The van der Waals surface area contributed by atoms with Crippen molar-refractivity contribution in [3.63, 3.8) is 0 Å². The number of benzene rings is 1. The number of hydrogen-bond acceptors (Lipinski definition) is 4. The minimum Gasteiger partial charge on any atom is -0.460 e. The fraction of sp³-hybridized carbons (Fsp3) is 0.741. The molecule has 1 aromatic rings. The molecule has 0 amide bonds. The Morgan fingerprint density at radius 2 is 1.03 bits per heavy atom. The van der Waals surface area contributed by atoms with E-state index in [-0.39, 0.29) is 12.6 Å². The van der Waals surface area contributed by atoms with Gasteiger partial charge in [-0.15, -0.1) is 0 Å². The molecule has 4 nitrogen and oxygen atoms in total. The highest BCUT2D eigenvalue weighted by atomic mass is 16.6. The lowest BCUT2D eigenvalue weighted by molar-refractivity contribution is 0.0141. The van der Waals surface area contributed by atoms with Gasteiger partial charge in [0.2, 0.25) is 0 Å². The van der Waals surface area contributed by atoms with Gasteiger partial charge in [-0.1, -0.05) is 109 Å². The molecule has 0 aliphatic heterocycles. The Hall–Kier alpha value is -1.39. The molecule has 0 saturated carbocycles. The number of carbonyl (C=O) groups excluding carboxylic acids is 1. The van der Waals surface area contributed by atoms with Crippen LogP contribution in [0.1, 0.15) is 107 Å². The van der Waals surface area contributed by atoms with Crippen LogP contribution in [0.5, 0.6) is 0 Å². The van der Waals surface area contributed by atoms with E-state index in [1.54, 1.807) is 12.1 Å². The van der Waals surface area contributed by atoms with Crippen LogP contribution < -0.4 is 0 Å². The predicted octanol–water partition coefficient (Wildman–Crippen LogP) is 7.36. The summed E-state index contributed by atoms with van der Waals surface area (Å²) >= 11 is 0. The van der Waals surface area contributed by atoms with E-state index >= 15 is 0 Å². The number of rotatable bonds is 22.